The normalized spacial score (nSPS) is 37.6. The summed E-state index contributed by atoms with van der Waals surface area (Å²) in [7, 11) is -3.67. The van der Waals surface area contributed by atoms with Crippen LogP contribution >= 0.6 is 0 Å². The molecule has 3 fully saturated rings. The zero-order chi connectivity index (χ0) is 16.1. The molecule has 0 radical (unpaired) electrons. The monoisotopic (exact) mass is 332 g/mol. The highest BCUT2D eigenvalue weighted by Crippen LogP contribution is 2.47. The van der Waals surface area contributed by atoms with E-state index in [1.807, 2.05) is 0 Å². The Morgan fingerprint density at radius 3 is 2.77 bits per heavy atom. The minimum atomic E-state index is -3.67. The average molecular weight is 332 g/mol. The standard InChI is InChI=1S/C13H16O8S/c1-6(2)13(15)18-5-10(14)20-9-3-8-7-4-19-22(16,17)12(7)11(9)21-8/h7-9,11-12H,1,3-5H2,2H3. The highest BCUT2D eigenvalue weighted by Gasteiger charge is 2.64. The maximum Gasteiger partial charge on any atom is 0.344 e. The average Bonchev–Trinajstić information content (AvgIpc) is 3.08. The van der Waals surface area contributed by atoms with E-state index in [0.717, 1.165) is 0 Å². The van der Waals surface area contributed by atoms with Crippen LogP contribution in [-0.4, -0.2) is 57.1 Å². The Morgan fingerprint density at radius 1 is 1.36 bits per heavy atom. The van der Waals surface area contributed by atoms with Gasteiger partial charge in [0.25, 0.3) is 10.1 Å². The number of hydrogen-bond donors (Lipinski definition) is 0. The van der Waals surface area contributed by atoms with Crippen LogP contribution in [-0.2, 0) is 38.1 Å². The van der Waals surface area contributed by atoms with Gasteiger partial charge in [-0.3, -0.25) is 4.18 Å². The molecule has 0 aromatic heterocycles. The highest BCUT2D eigenvalue weighted by atomic mass is 32.2. The van der Waals surface area contributed by atoms with E-state index < -0.39 is 46.1 Å². The molecule has 3 heterocycles. The van der Waals surface area contributed by atoms with Crippen molar-refractivity contribution in [3.63, 3.8) is 0 Å². The lowest BCUT2D eigenvalue weighted by Crippen LogP contribution is -2.44. The number of carbonyl (C=O) groups excluding carboxylic acids is 2. The fourth-order valence-corrected chi connectivity index (χ4v) is 4.88. The molecule has 0 aromatic rings. The lowest BCUT2D eigenvalue weighted by molar-refractivity contribution is -0.162. The fraction of sp³-hybridized carbons (Fsp3) is 0.692. The zero-order valence-corrected chi connectivity index (χ0v) is 12.7. The summed E-state index contributed by atoms with van der Waals surface area (Å²) in [6.45, 7) is 4.42. The summed E-state index contributed by atoms with van der Waals surface area (Å²) in [6, 6.07) is 0. The van der Waals surface area contributed by atoms with Crippen molar-refractivity contribution in [2.24, 2.45) is 5.92 Å². The summed E-state index contributed by atoms with van der Waals surface area (Å²) in [4.78, 5) is 22.9. The molecule has 0 aliphatic carbocycles. The van der Waals surface area contributed by atoms with Crippen molar-refractivity contribution in [2.45, 2.75) is 36.9 Å². The lowest BCUT2D eigenvalue weighted by atomic mass is 9.87. The van der Waals surface area contributed by atoms with Crippen LogP contribution < -0.4 is 0 Å². The Balaban J connectivity index is 1.58. The van der Waals surface area contributed by atoms with Crippen LogP contribution in [0.2, 0.25) is 0 Å². The van der Waals surface area contributed by atoms with Crippen LogP contribution in [0.1, 0.15) is 13.3 Å². The first kappa shape index (κ1) is 15.4. The molecule has 3 rings (SSSR count). The van der Waals surface area contributed by atoms with E-state index in [1.165, 1.54) is 6.92 Å². The molecular formula is C13H16O8S. The summed E-state index contributed by atoms with van der Waals surface area (Å²) in [6.07, 6.45) is -1.25. The topological polar surface area (TPSA) is 105 Å². The van der Waals surface area contributed by atoms with Gasteiger partial charge in [-0.15, -0.1) is 0 Å². The van der Waals surface area contributed by atoms with Gasteiger partial charge in [0, 0.05) is 17.9 Å². The maximum atomic E-state index is 11.8. The third-order valence-electron chi connectivity index (χ3n) is 4.10. The first-order chi connectivity index (χ1) is 10.3. The summed E-state index contributed by atoms with van der Waals surface area (Å²) >= 11 is 0. The van der Waals surface area contributed by atoms with Crippen molar-refractivity contribution < 1.29 is 36.4 Å². The molecule has 3 saturated heterocycles. The number of esters is 2. The smallest absolute Gasteiger partial charge is 0.344 e. The molecule has 0 saturated carbocycles. The van der Waals surface area contributed by atoms with Gasteiger partial charge in [-0.25, -0.2) is 9.59 Å². The van der Waals surface area contributed by atoms with Gasteiger partial charge in [0.1, 0.15) is 17.5 Å². The van der Waals surface area contributed by atoms with Gasteiger partial charge in [0.2, 0.25) is 0 Å². The molecule has 22 heavy (non-hydrogen) atoms. The van der Waals surface area contributed by atoms with E-state index in [-0.39, 0.29) is 24.2 Å². The van der Waals surface area contributed by atoms with Crippen LogP contribution in [0.5, 0.6) is 0 Å². The second-order valence-corrected chi connectivity index (χ2v) is 7.43. The van der Waals surface area contributed by atoms with Gasteiger partial charge in [0.15, 0.2) is 6.61 Å². The van der Waals surface area contributed by atoms with E-state index in [4.69, 9.17) is 13.7 Å². The van der Waals surface area contributed by atoms with Gasteiger partial charge in [-0.05, 0) is 6.92 Å². The Labute approximate surface area is 127 Å². The third kappa shape index (κ3) is 2.53. The zero-order valence-electron chi connectivity index (χ0n) is 11.9. The number of ether oxygens (including phenoxy) is 3. The predicted octanol–water partition coefficient (Wildman–Crippen LogP) is -0.467. The van der Waals surface area contributed by atoms with Gasteiger partial charge >= 0.3 is 11.9 Å². The maximum absolute atomic E-state index is 11.8. The molecule has 3 aliphatic rings. The Hall–Kier alpha value is -1.45. The summed E-state index contributed by atoms with van der Waals surface area (Å²) < 4.78 is 44.0. The fourth-order valence-electron chi connectivity index (χ4n) is 3.13. The van der Waals surface area contributed by atoms with Crippen LogP contribution in [0.3, 0.4) is 0 Å². The van der Waals surface area contributed by atoms with Gasteiger partial charge in [-0.2, -0.15) is 8.42 Å². The van der Waals surface area contributed by atoms with Crippen LogP contribution in [0, 0.1) is 5.92 Å². The van der Waals surface area contributed by atoms with E-state index in [9.17, 15) is 18.0 Å². The molecule has 0 amide bonds. The van der Waals surface area contributed by atoms with Crippen LogP contribution in [0.4, 0.5) is 0 Å². The minimum Gasteiger partial charge on any atom is -0.457 e. The van der Waals surface area contributed by atoms with Gasteiger partial charge in [0.05, 0.1) is 12.7 Å². The Kier molecular flexibility index (Phi) is 3.74. The molecule has 8 nitrogen and oxygen atoms in total. The second-order valence-electron chi connectivity index (χ2n) is 5.67. The van der Waals surface area contributed by atoms with Gasteiger partial charge < -0.3 is 14.2 Å². The van der Waals surface area contributed by atoms with Crippen molar-refractivity contribution in [2.75, 3.05) is 13.2 Å². The number of fused-ring (bicyclic) bond motifs is 5. The SMILES string of the molecule is C=C(C)C(=O)OCC(=O)OC1CC2OC1C1C2COS1(=O)=O. The predicted molar refractivity (Wildman–Crippen MR) is 71.1 cm³/mol. The molecular weight excluding hydrogens is 316 g/mol. The van der Waals surface area contributed by atoms with Crippen molar-refractivity contribution in [1.29, 1.82) is 0 Å². The van der Waals surface area contributed by atoms with Crippen LogP contribution in [0.15, 0.2) is 12.2 Å². The first-order valence-corrected chi connectivity index (χ1v) is 8.32. The van der Waals surface area contributed by atoms with E-state index in [0.29, 0.717) is 6.42 Å². The largest absolute Gasteiger partial charge is 0.457 e. The van der Waals surface area contributed by atoms with E-state index in [1.54, 1.807) is 0 Å². The summed E-state index contributed by atoms with van der Waals surface area (Å²) in [5.41, 5.74) is 0.174. The number of hydrogen-bond acceptors (Lipinski definition) is 8. The summed E-state index contributed by atoms with van der Waals surface area (Å²) in [5, 5.41) is -0.790. The lowest BCUT2D eigenvalue weighted by Gasteiger charge is -2.25. The van der Waals surface area contributed by atoms with Crippen molar-refractivity contribution in [3.8, 4) is 0 Å². The molecule has 0 aromatic carbocycles. The first-order valence-electron chi connectivity index (χ1n) is 6.85. The Morgan fingerprint density at radius 2 is 2.09 bits per heavy atom. The third-order valence-corrected chi connectivity index (χ3v) is 5.85. The van der Waals surface area contributed by atoms with Gasteiger partial charge in [-0.1, -0.05) is 6.58 Å². The molecule has 0 N–H and O–H groups in total. The summed E-state index contributed by atoms with van der Waals surface area (Å²) in [5.74, 6) is -1.64. The van der Waals surface area contributed by atoms with E-state index >= 15 is 0 Å². The molecule has 9 heteroatoms. The minimum absolute atomic E-state index is 0.116. The van der Waals surface area contributed by atoms with E-state index in [2.05, 4.69) is 11.3 Å². The number of carbonyl (C=O) groups is 2. The number of rotatable bonds is 4. The second kappa shape index (κ2) is 5.32. The van der Waals surface area contributed by atoms with Crippen molar-refractivity contribution >= 4 is 22.1 Å². The molecule has 2 bridgehead atoms. The van der Waals surface area contributed by atoms with Crippen molar-refractivity contribution in [3.05, 3.63) is 12.2 Å². The highest BCUT2D eigenvalue weighted by molar-refractivity contribution is 7.87. The Bertz CT molecular complexity index is 624. The van der Waals surface area contributed by atoms with Crippen LogP contribution in [0.25, 0.3) is 0 Å². The quantitative estimate of drug-likeness (QED) is 0.387. The molecule has 5 atom stereocenters. The molecule has 3 aliphatic heterocycles. The molecule has 5 unspecified atom stereocenters. The molecule has 122 valence electrons. The van der Waals surface area contributed by atoms with Crippen molar-refractivity contribution in [1.82, 2.24) is 0 Å². The molecule has 0 spiro atoms.